The van der Waals surface area contributed by atoms with Crippen LogP contribution in [-0.2, 0) is 6.54 Å². The van der Waals surface area contributed by atoms with Crippen molar-refractivity contribution in [1.29, 1.82) is 0 Å². The van der Waals surface area contributed by atoms with E-state index in [4.69, 9.17) is 9.26 Å². The lowest BCUT2D eigenvalue weighted by atomic mass is 10.3. The van der Waals surface area contributed by atoms with E-state index in [1.807, 2.05) is 16.8 Å². The number of nitrogens with zero attached hydrogens (tertiary/aromatic N) is 4. The lowest BCUT2D eigenvalue weighted by Gasteiger charge is -2.04. The first-order valence-corrected chi connectivity index (χ1v) is 7.11. The highest BCUT2D eigenvalue weighted by Crippen LogP contribution is 2.21. The minimum absolute atomic E-state index is 0.0952. The Balaban J connectivity index is 1.44. The van der Waals surface area contributed by atoms with Gasteiger partial charge in [-0.2, -0.15) is 0 Å². The number of pyridine rings is 1. The van der Waals surface area contributed by atoms with Crippen LogP contribution in [0.4, 0.5) is 4.79 Å². The third-order valence-corrected chi connectivity index (χ3v) is 3.02. The van der Waals surface area contributed by atoms with Crippen LogP contribution in [0.25, 0.3) is 11.5 Å². The van der Waals surface area contributed by atoms with Gasteiger partial charge < -0.3 is 19.1 Å². The van der Waals surface area contributed by atoms with Gasteiger partial charge in [0.15, 0.2) is 5.76 Å². The summed E-state index contributed by atoms with van der Waals surface area (Å²) >= 11 is 0. The van der Waals surface area contributed by atoms with Gasteiger partial charge >= 0.3 is 6.09 Å². The fourth-order valence-corrected chi connectivity index (χ4v) is 1.94. The number of aryl methyl sites for hydroxylation is 1. The fraction of sp³-hybridized carbons (Fsp3) is 0.200. The summed E-state index contributed by atoms with van der Waals surface area (Å²) in [6, 6.07) is 6.93. The van der Waals surface area contributed by atoms with Crippen molar-refractivity contribution in [1.82, 2.24) is 25.0 Å². The molecule has 23 heavy (non-hydrogen) atoms. The van der Waals surface area contributed by atoms with Crippen LogP contribution in [0.15, 0.2) is 53.7 Å². The molecule has 8 heteroatoms. The molecule has 0 atom stereocenters. The highest BCUT2D eigenvalue weighted by atomic mass is 16.6. The van der Waals surface area contributed by atoms with Crippen molar-refractivity contribution in [2.75, 3.05) is 6.54 Å². The molecular formula is C15H15N5O3. The second-order valence-electron chi connectivity index (χ2n) is 4.71. The largest absolute Gasteiger partial charge is 0.414 e. The van der Waals surface area contributed by atoms with Crippen LogP contribution in [-0.4, -0.2) is 32.3 Å². The lowest BCUT2D eigenvalue weighted by Crippen LogP contribution is -2.28. The van der Waals surface area contributed by atoms with Gasteiger partial charge in [0, 0.05) is 31.7 Å². The number of imidazole rings is 1. The third kappa shape index (κ3) is 4.16. The van der Waals surface area contributed by atoms with Gasteiger partial charge in [-0.1, -0.05) is 6.07 Å². The normalized spacial score (nSPS) is 10.4. The number of carbonyl (C=O) groups excluding carboxylic acids is 1. The average molecular weight is 313 g/mol. The Morgan fingerprint density at radius 3 is 3.09 bits per heavy atom. The molecule has 0 spiro atoms. The number of carbonyl (C=O) groups is 1. The quantitative estimate of drug-likeness (QED) is 0.700. The van der Waals surface area contributed by atoms with Crippen molar-refractivity contribution in [3.05, 3.63) is 49.2 Å². The van der Waals surface area contributed by atoms with E-state index in [0.717, 1.165) is 13.0 Å². The number of aromatic nitrogens is 4. The van der Waals surface area contributed by atoms with E-state index >= 15 is 0 Å². The van der Waals surface area contributed by atoms with Crippen molar-refractivity contribution in [2.24, 2.45) is 0 Å². The minimum atomic E-state index is -0.573. The van der Waals surface area contributed by atoms with Crippen molar-refractivity contribution in [3.63, 3.8) is 0 Å². The molecule has 0 aromatic carbocycles. The molecule has 0 aliphatic heterocycles. The second kappa shape index (κ2) is 7.21. The first-order chi connectivity index (χ1) is 11.3. The van der Waals surface area contributed by atoms with E-state index in [-0.39, 0.29) is 5.88 Å². The standard InChI is InChI=1S/C15H15N5O3/c21-15(18-6-3-8-20-9-7-16-11-20)22-14-10-13(23-19-14)12-4-1-2-5-17-12/h1-2,4-5,7,9-11H,3,6,8H2,(H,18,21). The number of hydrogen-bond donors (Lipinski definition) is 1. The zero-order valence-electron chi connectivity index (χ0n) is 12.3. The summed E-state index contributed by atoms with van der Waals surface area (Å²) < 4.78 is 12.1. The molecule has 0 fully saturated rings. The summed E-state index contributed by atoms with van der Waals surface area (Å²) in [5.41, 5.74) is 0.621. The molecule has 0 radical (unpaired) electrons. The molecule has 0 aliphatic carbocycles. The van der Waals surface area contributed by atoms with Crippen LogP contribution in [0, 0.1) is 0 Å². The summed E-state index contributed by atoms with van der Waals surface area (Å²) in [6.07, 6.45) is 7.15. The van der Waals surface area contributed by atoms with Crippen LogP contribution in [0.3, 0.4) is 0 Å². The van der Waals surface area contributed by atoms with E-state index in [2.05, 4.69) is 20.4 Å². The Kier molecular flexibility index (Phi) is 4.63. The molecular weight excluding hydrogens is 298 g/mol. The van der Waals surface area contributed by atoms with Gasteiger partial charge in [-0.05, 0) is 23.7 Å². The number of amides is 1. The number of rotatable bonds is 6. The zero-order chi connectivity index (χ0) is 15.9. The first kappa shape index (κ1) is 14.8. The molecule has 1 N–H and O–H groups in total. The van der Waals surface area contributed by atoms with Gasteiger partial charge in [0.1, 0.15) is 5.69 Å². The van der Waals surface area contributed by atoms with Gasteiger partial charge in [0.25, 0.3) is 5.88 Å². The van der Waals surface area contributed by atoms with Crippen LogP contribution in [0.1, 0.15) is 6.42 Å². The molecule has 3 heterocycles. The SMILES string of the molecule is O=C(NCCCn1ccnc1)Oc1cc(-c2ccccn2)on1. The van der Waals surface area contributed by atoms with Crippen molar-refractivity contribution in [2.45, 2.75) is 13.0 Å². The van der Waals surface area contributed by atoms with E-state index in [9.17, 15) is 4.79 Å². The van der Waals surface area contributed by atoms with E-state index in [0.29, 0.717) is 18.0 Å². The molecule has 8 nitrogen and oxygen atoms in total. The highest BCUT2D eigenvalue weighted by molar-refractivity contribution is 5.70. The van der Waals surface area contributed by atoms with Gasteiger partial charge in [-0.3, -0.25) is 4.98 Å². The topological polar surface area (TPSA) is 95.1 Å². The average Bonchev–Trinajstić information content (AvgIpc) is 3.24. The predicted octanol–water partition coefficient (Wildman–Crippen LogP) is 2.11. The Labute approximate surface area is 132 Å². The summed E-state index contributed by atoms with van der Waals surface area (Å²) in [5, 5.41) is 6.34. The minimum Gasteiger partial charge on any atom is -0.388 e. The molecule has 0 saturated heterocycles. The van der Waals surface area contributed by atoms with E-state index in [1.54, 1.807) is 30.9 Å². The number of ether oxygens (including phenoxy) is 1. The van der Waals surface area contributed by atoms with Gasteiger partial charge in [0.2, 0.25) is 0 Å². The fourth-order valence-electron chi connectivity index (χ4n) is 1.94. The maximum atomic E-state index is 11.7. The second-order valence-corrected chi connectivity index (χ2v) is 4.71. The monoisotopic (exact) mass is 313 g/mol. The Hall–Kier alpha value is -3.16. The van der Waals surface area contributed by atoms with E-state index < -0.39 is 6.09 Å². The molecule has 1 amide bonds. The van der Waals surface area contributed by atoms with Crippen molar-refractivity contribution in [3.8, 4) is 17.3 Å². The van der Waals surface area contributed by atoms with Gasteiger partial charge in [-0.15, -0.1) is 0 Å². The third-order valence-electron chi connectivity index (χ3n) is 3.02. The number of hydrogen-bond acceptors (Lipinski definition) is 6. The maximum Gasteiger partial charge on any atom is 0.414 e. The van der Waals surface area contributed by atoms with Crippen molar-refractivity contribution >= 4 is 6.09 Å². The highest BCUT2D eigenvalue weighted by Gasteiger charge is 2.11. The smallest absolute Gasteiger partial charge is 0.388 e. The summed E-state index contributed by atoms with van der Waals surface area (Å²) in [7, 11) is 0. The molecule has 0 saturated carbocycles. The molecule has 0 unspecified atom stereocenters. The maximum absolute atomic E-state index is 11.7. The molecule has 3 aromatic heterocycles. The van der Waals surface area contributed by atoms with Gasteiger partial charge in [-0.25, -0.2) is 9.78 Å². The van der Waals surface area contributed by atoms with Crippen LogP contribution < -0.4 is 10.1 Å². The molecule has 3 rings (SSSR count). The molecule has 3 aromatic rings. The Morgan fingerprint density at radius 1 is 1.35 bits per heavy atom. The zero-order valence-corrected chi connectivity index (χ0v) is 12.3. The summed E-state index contributed by atoms with van der Waals surface area (Å²) in [4.78, 5) is 19.7. The van der Waals surface area contributed by atoms with E-state index in [1.165, 1.54) is 6.07 Å². The number of nitrogens with one attached hydrogen (secondary N) is 1. The van der Waals surface area contributed by atoms with Crippen LogP contribution in [0.5, 0.6) is 5.88 Å². The molecule has 0 aliphatic rings. The van der Waals surface area contributed by atoms with Crippen LogP contribution in [0.2, 0.25) is 0 Å². The molecule has 118 valence electrons. The first-order valence-electron chi connectivity index (χ1n) is 7.11. The van der Waals surface area contributed by atoms with Gasteiger partial charge in [0.05, 0.1) is 12.4 Å². The lowest BCUT2D eigenvalue weighted by molar-refractivity contribution is 0.195. The Bertz CT molecular complexity index is 740. The van der Waals surface area contributed by atoms with Crippen molar-refractivity contribution < 1.29 is 14.1 Å². The summed E-state index contributed by atoms with van der Waals surface area (Å²) in [5.74, 6) is 0.534. The predicted molar refractivity (Wildman–Crippen MR) is 80.6 cm³/mol. The molecule has 0 bridgehead atoms. The van der Waals surface area contributed by atoms with Crippen LogP contribution >= 0.6 is 0 Å². The Morgan fingerprint density at radius 2 is 2.30 bits per heavy atom. The summed E-state index contributed by atoms with van der Waals surface area (Å²) in [6.45, 7) is 1.26.